The molecule has 0 N–H and O–H groups in total. The molecule has 198 valence electrons. The smallest absolute Gasteiger partial charge is 0.338 e. The van der Waals surface area contributed by atoms with E-state index < -0.39 is 21.9 Å². The Hall–Kier alpha value is -4.04. The maximum atomic E-state index is 13.3. The van der Waals surface area contributed by atoms with Crippen LogP contribution >= 0.6 is 11.3 Å². The first-order valence-corrected chi connectivity index (χ1v) is 14.6. The van der Waals surface area contributed by atoms with Gasteiger partial charge in [-0.3, -0.25) is 4.79 Å². The Morgan fingerprint density at radius 2 is 1.77 bits per heavy atom. The van der Waals surface area contributed by atoms with Gasteiger partial charge in [0.15, 0.2) is 4.80 Å². The summed E-state index contributed by atoms with van der Waals surface area (Å²) in [6, 6.07) is 18.7. The SMILES string of the molecule is C#CCn1c(=NC(=O)c2ccc(S(=O)(=O)N3CCc4ccccc4C3)cc2)sc2cc(C(=O)OCC)ccc21. The predicted molar refractivity (Wildman–Crippen MR) is 149 cm³/mol. The van der Waals surface area contributed by atoms with Crippen LogP contribution in [0.15, 0.2) is 76.6 Å². The van der Waals surface area contributed by atoms with Gasteiger partial charge in [0.2, 0.25) is 10.0 Å². The van der Waals surface area contributed by atoms with Crippen LogP contribution in [0.25, 0.3) is 10.2 Å². The van der Waals surface area contributed by atoms with E-state index in [9.17, 15) is 18.0 Å². The van der Waals surface area contributed by atoms with E-state index in [0.29, 0.717) is 29.9 Å². The van der Waals surface area contributed by atoms with E-state index >= 15 is 0 Å². The molecule has 0 fully saturated rings. The van der Waals surface area contributed by atoms with Gasteiger partial charge in [-0.2, -0.15) is 9.30 Å². The second kappa shape index (κ2) is 11.0. The number of hydrogen-bond acceptors (Lipinski definition) is 6. The highest BCUT2D eigenvalue weighted by Crippen LogP contribution is 2.25. The minimum absolute atomic E-state index is 0.120. The number of thiazole rings is 1. The fourth-order valence-electron chi connectivity index (χ4n) is 4.49. The molecule has 0 spiro atoms. The Bertz CT molecular complexity index is 1800. The van der Waals surface area contributed by atoms with Crippen molar-refractivity contribution in [2.75, 3.05) is 13.2 Å². The van der Waals surface area contributed by atoms with Crippen LogP contribution in [-0.2, 0) is 34.3 Å². The molecule has 3 aromatic carbocycles. The van der Waals surface area contributed by atoms with E-state index in [1.54, 1.807) is 29.7 Å². The molecule has 10 heteroatoms. The first-order valence-electron chi connectivity index (χ1n) is 12.3. The maximum Gasteiger partial charge on any atom is 0.338 e. The summed E-state index contributed by atoms with van der Waals surface area (Å²) < 4.78 is 35.5. The van der Waals surface area contributed by atoms with Gasteiger partial charge in [0.05, 0.1) is 33.8 Å². The summed E-state index contributed by atoms with van der Waals surface area (Å²) in [4.78, 5) is 30.0. The third-order valence-corrected chi connectivity index (χ3v) is 9.38. The van der Waals surface area contributed by atoms with E-state index in [-0.39, 0.29) is 23.6 Å². The zero-order valence-electron chi connectivity index (χ0n) is 21.2. The lowest BCUT2D eigenvalue weighted by atomic mass is 10.0. The minimum atomic E-state index is -3.72. The fourth-order valence-corrected chi connectivity index (χ4v) is 6.97. The van der Waals surface area contributed by atoms with Gasteiger partial charge < -0.3 is 9.30 Å². The topological polar surface area (TPSA) is 98.0 Å². The highest BCUT2D eigenvalue weighted by atomic mass is 32.2. The van der Waals surface area contributed by atoms with Crippen LogP contribution in [-0.4, -0.2) is 42.3 Å². The van der Waals surface area contributed by atoms with Crippen molar-refractivity contribution < 1.29 is 22.7 Å². The average molecular weight is 560 g/mol. The molecule has 39 heavy (non-hydrogen) atoms. The zero-order valence-corrected chi connectivity index (χ0v) is 22.8. The van der Waals surface area contributed by atoms with Crippen LogP contribution < -0.4 is 4.80 Å². The number of carbonyl (C=O) groups is 2. The van der Waals surface area contributed by atoms with Crippen molar-refractivity contribution in [2.45, 2.75) is 31.3 Å². The number of aromatic nitrogens is 1. The first kappa shape index (κ1) is 26.6. The standard InChI is InChI=1S/C29H25N3O5S2/c1-3-16-32-25-14-11-22(28(34)37-4-2)18-26(25)38-29(32)30-27(33)21-9-12-24(13-10-21)39(35,36)31-17-15-20-7-5-6-8-23(20)19-31/h1,5-14,18H,4,15-17,19H2,2H3. The Morgan fingerprint density at radius 3 is 2.49 bits per heavy atom. The number of terminal acetylenes is 1. The van der Waals surface area contributed by atoms with Crippen molar-refractivity contribution in [3.05, 3.63) is 93.8 Å². The highest BCUT2D eigenvalue weighted by molar-refractivity contribution is 7.89. The largest absolute Gasteiger partial charge is 0.462 e. The van der Waals surface area contributed by atoms with Crippen molar-refractivity contribution in [3.63, 3.8) is 0 Å². The van der Waals surface area contributed by atoms with Crippen LogP contribution in [0.2, 0.25) is 0 Å². The molecule has 2 heterocycles. The Morgan fingerprint density at radius 1 is 1.05 bits per heavy atom. The highest BCUT2D eigenvalue weighted by Gasteiger charge is 2.28. The molecule has 1 aromatic heterocycles. The van der Waals surface area contributed by atoms with Crippen molar-refractivity contribution in [1.82, 2.24) is 8.87 Å². The van der Waals surface area contributed by atoms with Gasteiger partial charge >= 0.3 is 5.97 Å². The lowest BCUT2D eigenvalue weighted by molar-refractivity contribution is 0.0526. The average Bonchev–Trinajstić information content (AvgIpc) is 3.29. The van der Waals surface area contributed by atoms with Gasteiger partial charge in [-0.05, 0) is 66.9 Å². The van der Waals surface area contributed by atoms with E-state index in [1.165, 1.54) is 39.9 Å². The van der Waals surface area contributed by atoms with Crippen LogP contribution in [0.5, 0.6) is 0 Å². The Kier molecular flexibility index (Phi) is 7.48. The number of sulfonamides is 1. The number of hydrogen-bond donors (Lipinski definition) is 0. The predicted octanol–water partition coefficient (Wildman–Crippen LogP) is 4.00. The number of rotatable bonds is 6. The number of amides is 1. The molecule has 0 radical (unpaired) electrons. The third-order valence-electron chi connectivity index (χ3n) is 6.48. The summed E-state index contributed by atoms with van der Waals surface area (Å²) in [5.74, 6) is 1.60. The second-order valence-electron chi connectivity index (χ2n) is 8.88. The molecule has 0 aliphatic carbocycles. The molecule has 5 rings (SSSR count). The molecular weight excluding hydrogens is 534 g/mol. The summed E-state index contributed by atoms with van der Waals surface area (Å²) in [7, 11) is -3.72. The van der Waals surface area contributed by atoms with Gasteiger partial charge in [-0.25, -0.2) is 13.2 Å². The number of esters is 1. The van der Waals surface area contributed by atoms with Gasteiger partial charge in [-0.15, -0.1) is 6.42 Å². The molecule has 0 saturated heterocycles. The minimum Gasteiger partial charge on any atom is -0.462 e. The number of nitrogens with zero attached hydrogens (tertiary/aromatic N) is 3. The number of benzene rings is 3. The third kappa shape index (κ3) is 5.29. The molecule has 0 unspecified atom stereocenters. The summed E-state index contributed by atoms with van der Waals surface area (Å²) in [5.41, 5.74) is 3.53. The van der Waals surface area contributed by atoms with Crippen LogP contribution in [0.3, 0.4) is 0 Å². The summed E-state index contributed by atoms with van der Waals surface area (Å²) >= 11 is 1.23. The lowest BCUT2D eigenvalue weighted by Gasteiger charge is -2.28. The number of carbonyl (C=O) groups excluding carboxylic acids is 2. The van der Waals surface area contributed by atoms with Gasteiger partial charge in [0.1, 0.15) is 0 Å². The number of fused-ring (bicyclic) bond motifs is 2. The van der Waals surface area contributed by atoms with Crippen LogP contribution in [0.4, 0.5) is 0 Å². The summed E-state index contributed by atoms with van der Waals surface area (Å²) in [6.45, 7) is 2.89. The van der Waals surface area contributed by atoms with Crippen molar-refractivity contribution >= 4 is 43.5 Å². The van der Waals surface area contributed by atoms with E-state index in [2.05, 4.69) is 10.9 Å². The Balaban J connectivity index is 1.42. The molecule has 0 bridgehead atoms. The molecule has 1 aliphatic rings. The molecule has 1 amide bonds. The molecule has 4 aromatic rings. The number of ether oxygens (including phenoxy) is 1. The molecule has 0 atom stereocenters. The molecular formula is C29H25N3O5S2. The summed E-state index contributed by atoms with van der Waals surface area (Å²) in [6.07, 6.45) is 6.21. The normalized spacial score (nSPS) is 14.1. The first-order chi connectivity index (χ1) is 18.8. The monoisotopic (exact) mass is 559 g/mol. The van der Waals surface area contributed by atoms with Crippen LogP contribution in [0.1, 0.15) is 38.8 Å². The quantitative estimate of drug-likeness (QED) is 0.263. The Labute approximate surface area is 230 Å². The summed E-state index contributed by atoms with van der Waals surface area (Å²) in [5, 5.41) is 0. The van der Waals surface area contributed by atoms with Crippen molar-refractivity contribution in [2.24, 2.45) is 4.99 Å². The van der Waals surface area contributed by atoms with Gasteiger partial charge in [0.25, 0.3) is 5.91 Å². The van der Waals surface area contributed by atoms with E-state index in [1.807, 2.05) is 24.3 Å². The van der Waals surface area contributed by atoms with Crippen molar-refractivity contribution in [3.8, 4) is 12.3 Å². The molecule has 0 saturated carbocycles. The maximum absolute atomic E-state index is 13.3. The molecule has 8 nitrogen and oxygen atoms in total. The fraction of sp³-hybridized carbons (Fsp3) is 0.207. The van der Waals surface area contributed by atoms with Gasteiger partial charge in [-0.1, -0.05) is 41.5 Å². The zero-order chi connectivity index (χ0) is 27.6. The van der Waals surface area contributed by atoms with Gasteiger partial charge in [0, 0.05) is 18.7 Å². The van der Waals surface area contributed by atoms with Crippen molar-refractivity contribution in [1.29, 1.82) is 0 Å². The van der Waals surface area contributed by atoms with E-state index in [0.717, 1.165) is 21.3 Å². The molecule has 1 aliphatic heterocycles. The second-order valence-corrected chi connectivity index (χ2v) is 11.8. The van der Waals surface area contributed by atoms with E-state index in [4.69, 9.17) is 11.2 Å². The lowest BCUT2D eigenvalue weighted by Crippen LogP contribution is -2.35. The van der Waals surface area contributed by atoms with Crippen LogP contribution in [0, 0.1) is 12.3 Å².